The minimum Gasteiger partial charge on any atom is -0.488 e. The van der Waals surface area contributed by atoms with Gasteiger partial charge in [-0.25, -0.2) is 14.5 Å². The molecule has 0 unspecified atom stereocenters. The summed E-state index contributed by atoms with van der Waals surface area (Å²) in [5, 5.41) is 4.36. The van der Waals surface area contributed by atoms with Crippen molar-refractivity contribution < 1.29 is 28.7 Å². The molecule has 4 amide bonds. The molecule has 200 valence electrons. The van der Waals surface area contributed by atoms with Gasteiger partial charge in [-0.3, -0.25) is 14.9 Å². The standard InChI is InChI=1S/C31H23BrN2O6/c1-2-39-30(37)20-10-13-24(14-11-20)34-29(36)26(28(35)33-31(34)38)17-22-16-23(32)12-15-27(22)40-18-21-8-5-7-19-6-3-4-9-25(19)21/h3-17H,2,18H2,1H3,(H,33,35,38)/b26-17+. The lowest BCUT2D eigenvalue weighted by Crippen LogP contribution is -2.54. The van der Waals surface area contributed by atoms with Crippen molar-refractivity contribution in [1.82, 2.24) is 5.32 Å². The van der Waals surface area contributed by atoms with Crippen molar-refractivity contribution in [1.29, 1.82) is 0 Å². The van der Waals surface area contributed by atoms with Crippen LogP contribution in [0, 0.1) is 0 Å². The summed E-state index contributed by atoms with van der Waals surface area (Å²) in [4.78, 5) is 51.7. The maximum atomic E-state index is 13.4. The molecule has 1 heterocycles. The number of carbonyl (C=O) groups excluding carboxylic acids is 4. The van der Waals surface area contributed by atoms with Crippen LogP contribution in [0.4, 0.5) is 10.5 Å². The van der Waals surface area contributed by atoms with Gasteiger partial charge in [0.15, 0.2) is 0 Å². The fourth-order valence-corrected chi connectivity index (χ4v) is 4.72. The van der Waals surface area contributed by atoms with E-state index in [4.69, 9.17) is 9.47 Å². The number of amides is 4. The van der Waals surface area contributed by atoms with Crippen molar-refractivity contribution >= 4 is 62.3 Å². The number of benzene rings is 4. The average molecular weight is 599 g/mol. The molecular weight excluding hydrogens is 576 g/mol. The van der Waals surface area contributed by atoms with Crippen LogP contribution in [0.25, 0.3) is 16.8 Å². The molecule has 0 aliphatic carbocycles. The van der Waals surface area contributed by atoms with E-state index in [9.17, 15) is 19.2 Å². The van der Waals surface area contributed by atoms with Crippen LogP contribution >= 0.6 is 15.9 Å². The molecule has 4 aromatic carbocycles. The summed E-state index contributed by atoms with van der Waals surface area (Å²) in [7, 11) is 0. The van der Waals surface area contributed by atoms with Crippen LogP contribution < -0.4 is 15.0 Å². The second-order valence-electron chi connectivity index (χ2n) is 8.83. The SMILES string of the molecule is CCOC(=O)c1ccc(N2C(=O)NC(=O)/C(=C\c3cc(Br)ccc3OCc3cccc4ccccc34)C2=O)cc1. The fraction of sp³-hybridized carbons (Fsp3) is 0.0968. The maximum Gasteiger partial charge on any atom is 0.338 e. The van der Waals surface area contributed by atoms with E-state index in [-0.39, 0.29) is 30.0 Å². The minimum atomic E-state index is -0.891. The van der Waals surface area contributed by atoms with E-state index in [1.807, 2.05) is 42.5 Å². The number of urea groups is 1. The first-order valence-corrected chi connectivity index (χ1v) is 13.2. The van der Waals surface area contributed by atoms with Crippen molar-refractivity contribution in [2.45, 2.75) is 13.5 Å². The number of fused-ring (bicyclic) bond motifs is 1. The summed E-state index contributed by atoms with van der Waals surface area (Å²) < 4.78 is 11.8. The number of esters is 1. The Kier molecular flexibility index (Phi) is 7.75. The second kappa shape index (κ2) is 11.5. The lowest BCUT2D eigenvalue weighted by Gasteiger charge is -2.26. The van der Waals surface area contributed by atoms with Crippen LogP contribution in [0.3, 0.4) is 0 Å². The summed E-state index contributed by atoms with van der Waals surface area (Å²) >= 11 is 3.43. The van der Waals surface area contributed by atoms with Gasteiger partial charge in [0.1, 0.15) is 17.9 Å². The van der Waals surface area contributed by atoms with Gasteiger partial charge in [0, 0.05) is 10.0 Å². The van der Waals surface area contributed by atoms with Gasteiger partial charge in [0.05, 0.1) is 17.9 Å². The number of hydrogen-bond donors (Lipinski definition) is 1. The van der Waals surface area contributed by atoms with Crippen molar-refractivity contribution in [3.63, 3.8) is 0 Å². The van der Waals surface area contributed by atoms with Gasteiger partial charge in [0.2, 0.25) is 0 Å². The largest absolute Gasteiger partial charge is 0.488 e. The maximum absolute atomic E-state index is 13.4. The van der Waals surface area contributed by atoms with Gasteiger partial charge in [-0.2, -0.15) is 0 Å². The highest BCUT2D eigenvalue weighted by Crippen LogP contribution is 2.30. The zero-order chi connectivity index (χ0) is 28.2. The summed E-state index contributed by atoms with van der Waals surface area (Å²) in [6.45, 7) is 2.17. The molecule has 1 saturated heterocycles. The number of ether oxygens (including phenoxy) is 2. The molecule has 40 heavy (non-hydrogen) atoms. The Bertz CT molecular complexity index is 1670. The van der Waals surface area contributed by atoms with E-state index in [1.54, 1.807) is 25.1 Å². The molecule has 0 spiro atoms. The molecule has 1 aliphatic heterocycles. The smallest absolute Gasteiger partial charge is 0.338 e. The summed E-state index contributed by atoms with van der Waals surface area (Å²) in [5.41, 5.74) is 1.66. The van der Waals surface area contributed by atoms with Gasteiger partial charge in [-0.05, 0) is 71.8 Å². The van der Waals surface area contributed by atoms with Crippen LogP contribution in [0.5, 0.6) is 5.75 Å². The Morgan fingerprint density at radius 3 is 2.48 bits per heavy atom. The molecule has 4 aromatic rings. The highest BCUT2D eigenvalue weighted by molar-refractivity contribution is 9.10. The Morgan fingerprint density at radius 1 is 0.950 bits per heavy atom. The van der Waals surface area contributed by atoms with Gasteiger partial charge in [-0.15, -0.1) is 0 Å². The predicted molar refractivity (Wildman–Crippen MR) is 154 cm³/mol. The van der Waals surface area contributed by atoms with Crippen LogP contribution in [0.15, 0.2) is 95.0 Å². The number of nitrogens with one attached hydrogen (secondary N) is 1. The van der Waals surface area contributed by atoms with E-state index < -0.39 is 23.8 Å². The molecule has 0 atom stereocenters. The molecule has 8 nitrogen and oxygen atoms in total. The van der Waals surface area contributed by atoms with Crippen LogP contribution in [0.2, 0.25) is 0 Å². The number of carbonyl (C=O) groups is 4. The molecule has 0 bridgehead atoms. The normalized spacial score (nSPS) is 14.4. The number of anilines is 1. The van der Waals surface area contributed by atoms with Crippen molar-refractivity contribution in [3.8, 4) is 5.75 Å². The van der Waals surface area contributed by atoms with E-state index in [2.05, 4.69) is 21.2 Å². The Morgan fingerprint density at radius 2 is 1.70 bits per heavy atom. The Balaban J connectivity index is 1.44. The third-order valence-electron chi connectivity index (χ3n) is 6.27. The van der Waals surface area contributed by atoms with E-state index >= 15 is 0 Å². The number of barbiturate groups is 1. The molecule has 0 aromatic heterocycles. The number of imide groups is 2. The van der Waals surface area contributed by atoms with Gasteiger partial charge in [-0.1, -0.05) is 58.4 Å². The van der Waals surface area contributed by atoms with E-state index in [1.165, 1.54) is 30.3 Å². The molecular formula is C31H23BrN2O6. The fourth-order valence-electron chi connectivity index (χ4n) is 4.35. The zero-order valence-electron chi connectivity index (χ0n) is 21.3. The van der Waals surface area contributed by atoms with E-state index in [0.29, 0.717) is 15.8 Å². The topological polar surface area (TPSA) is 102 Å². The summed E-state index contributed by atoms with van der Waals surface area (Å²) in [6, 6.07) is 24.1. The van der Waals surface area contributed by atoms with Gasteiger partial charge < -0.3 is 9.47 Å². The number of rotatable bonds is 7. The predicted octanol–water partition coefficient (Wildman–Crippen LogP) is 6.02. The highest BCUT2D eigenvalue weighted by Gasteiger charge is 2.37. The van der Waals surface area contributed by atoms with Gasteiger partial charge in [0.25, 0.3) is 11.8 Å². The molecule has 1 aliphatic rings. The van der Waals surface area contributed by atoms with Crippen LogP contribution in [-0.4, -0.2) is 30.4 Å². The molecule has 1 N–H and O–H groups in total. The first-order valence-electron chi connectivity index (χ1n) is 12.4. The molecule has 0 radical (unpaired) electrons. The molecule has 9 heteroatoms. The number of hydrogen-bond acceptors (Lipinski definition) is 6. The van der Waals surface area contributed by atoms with Crippen molar-refractivity contribution in [2.24, 2.45) is 0 Å². The summed E-state index contributed by atoms with van der Waals surface area (Å²) in [6.07, 6.45) is 1.40. The van der Waals surface area contributed by atoms with Gasteiger partial charge >= 0.3 is 12.0 Å². The quantitative estimate of drug-likeness (QED) is 0.158. The number of nitrogens with zero attached hydrogens (tertiary/aromatic N) is 1. The van der Waals surface area contributed by atoms with Crippen molar-refractivity contribution in [2.75, 3.05) is 11.5 Å². The second-order valence-corrected chi connectivity index (χ2v) is 9.75. The third kappa shape index (κ3) is 5.50. The molecule has 1 fully saturated rings. The van der Waals surface area contributed by atoms with E-state index in [0.717, 1.165) is 21.2 Å². The Labute approximate surface area is 238 Å². The zero-order valence-corrected chi connectivity index (χ0v) is 22.9. The average Bonchev–Trinajstić information content (AvgIpc) is 2.95. The number of halogens is 1. The molecule has 5 rings (SSSR count). The summed E-state index contributed by atoms with van der Waals surface area (Å²) in [5.74, 6) is -1.71. The lowest BCUT2D eigenvalue weighted by atomic mass is 10.0. The molecule has 0 saturated carbocycles. The lowest BCUT2D eigenvalue weighted by molar-refractivity contribution is -0.122. The van der Waals surface area contributed by atoms with Crippen LogP contribution in [-0.2, 0) is 20.9 Å². The Hall–Kier alpha value is -4.76. The first-order chi connectivity index (χ1) is 19.4. The highest BCUT2D eigenvalue weighted by atomic mass is 79.9. The minimum absolute atomic E-state index is 0.190. The first kappa shape index (κ1) is 26.8. The van der Waals surface area contributed by atoms with Crippen LogP contribution in [0.1, 0.15) is 28.4 Å². The monoisotopic (exact) mass is 598 g/mol. The third-order valence-corrected chi connectivity index (χ3v) is 6.77. The van der Waals surface area contributed by atoms with Crippen molar-refractivity contribution in [3.05, 3.63) is 112 Å².